The van der Waals surface area contributed by atoms with Crippen molar-refractivity contribution < 1.29 is 4.79 Å². The first-order valence-electron chi connectivity index (χ1n) is 6.40. The molecule has 0 saturated heterocycles. The van der Waals surface area contributed by atoms with Gasteiger partial charge in [0.25, 0.3) is 0 Å². The molecule has 1 aromatic carbocycles. The molecule has 0 radical (unpaired) electrons. The molecule has 0 unspecified atom stereocenters. The third-order valence-electron chi connectivity index (χ3n) is 3.64. The Morgan fingerprint density at radius 2 is 2.06 bits per heavy atom. The molecule has 1 aliphatic carbocycles. The maximum atomic E-state index is 12.6. The predicted molar refractivity (Wildman–Crippen MR) is 74.2 cm³/mol. The lowest BCUT2D eigenvalue weighted by molar-refractivity contribution is -0.133. The van der Waals surface area contributed by atoms with E-state index in [9.17, 15) is 4.79 Å². The fraction of sp³-hybridized carbons (Fsp3) is 0.400. The Morgan fingerprint density at radius 3 is 2.50 bits per heavy atom. The molecule has 1 amide bonds. The number of amides is 1. The smallest absolute Gasteiger partial charge is 0.233 e. The first kappa shape index (κ1) is 12.7. The van der Waals surface area contributed by atoms with E-state index >= 15 is 0 Å². The summed E-state index contributed by atoms with van der Waals surface area (Å²) in [6, 6.07) is 7.68. The van der Waals surface area contributed by atoms with Crippen LogP contribution in [0.5, 0.6) is 0 Å². The zero-order valence-electron chi connectivity index (χ0n) is 10.9. The summed E-state index contributed by atoms with van der Waals surface area (Å²) >= 11 is 0. The molecule has 0 aliphatic heterocycles. The first-order chi connectivity index (χ1) is 8.64. The Morgan fingerprint density at radius 1 is 1.44 bits per heavy atom. The summed E-state index contributed by atoms with van der Waals surface area (Å²) < 4.78 is 0. The molecule has 0 aromatic heterocycles. The quantitative estimate of drug-likeness (QED) is 0.638. The van der Waals surface area contributed by atoms with Gasteiger partial charge in [-0.2, -0.15) is 0 Å². The van der Waals surface area contributed by atoms with Crippen LogP contribution >= 0.6 is 0 Å². The minimum atomic E-state index is -0.299. The van der Waals surface area contributed by atoms with Crippen LogP contribution in [-0.4, -0.2) is 23.9 Å². The van der Waals surface area contributed by atoms with E-state index in [0.717, 1.165) is 30.6 Å². The van der Waals surface area contributed by atoms with Crippen molar-refractivity contribution in [3.05, 3.63) is 42.5 Å². The van der Waals surface area contributed by atoms with Gasteiger partial charge in [-0.1, -0.05) is 18.2 Å². The summed E-state index contributed by atoms with van der Waals surface area (Å²) in [7, 11) is 0. The SMILES string of the molecule is C=CCN(CC)C(=O)C1(c2ccc(N)cc2)CC1. The van der Waals surface area contributed by atoms with Crippen LogP contribution < -0.4 is 5.73 Å². The van der Waals surface area contributed by atoms with E-state index in [-0.39, 0.29) is 11.3 Å². The standard InChI is InChI=1S/C15H20N2O/c1-3-11-17(4-2)14(18)15(9-10-15)12-5-7-13(16)8-6-12/h3,5-8H,1,4,9-11,16H2,2H3. The number of nitrogens with two attached hydrogens (primary N) is 1. The summed E-state index contributed by atoms with van der Waals surface area (Å²) in [5.41, 5.74) is 7.22. The minimum Gasteiger partial charge on any atom is -0.399 e. The van der Waals surface area contributed by atoms with Gasteiger partial charge in [-0.25, -0.2) is 0 Å². The Hall–Kier alpha value is -1.77. The molecule has 0 atom stereocenters. The minimum absolute atomic E-state index is 0.217. The molecule has 1 aliphatic rings. The van der Waals surface area contributed by atoms with E-state index in [2.05, 4.69) is 6.58 Å². The van der Waals surface area contributed by atoms with Crippen molar-refractivity contribution in [3.8, 4) is 0 Å². The molecule has 3 heteroatoms. The number of hydrogen-bond donors (Lipinski definition) is 1. The number of likely N-dealkylation sites (N-methyl/N-ethyl adjacent to an activating group) is 1. The fourth-order valence-corrected chi connectivity index (χ4v) is 2.37. The monoisotopic (exact) mass is 244 g/mol. The van der Waals surface area contributed by atoms with Crippen molar-refractivity contribution in [3.63, 3.8) is 0 Å². The predicted octanol–water partition coefficient (Wildman–Crippen LogP) is 2.33. The largest absolute Gasteiger partial charge is 0.399 e. The van der Waals surface area contributed by atoms with Crippen LogP contribution in [0.25, 0.3) is 0 Å². The lowest BCUT2D eigenvalue weighted by Crippen LogP contribution is -2.39. The average molecular weight is 244 g/mol. The second-order valence-corrected chi connectivity index (χ2v) is 4.84. The normalized spacial score (nSPS) is 16.1. The topological polar surface area (TPSA) is 46.3 Å². The van der Waals surface area contributed by atoms with Crippen LogP contribution in [0, 0.1) is 0 Å². The molecular weight excluding hydrogens is 224 g/mol. The van der Waals surface area contributed by atoms with Crippen molar-refractivity contribution in [1.82, 2.24) is 4.90 Å². The van der Waals surface area contributed by atoms with Crippen molar-refractivity contribution in [2.75, 3.05) is 18.8 Å². The van der Waals surface area contributed by atoms with Gasteiger partial charge < -0.3 is 10.6 Å². The van der Waals surface area contributed by atoms with Gasteiger partial charge in [0.1, 0.15) is 0 Å². The molecule has 3 nitrogen and oxygen atoms in total. The van der Waals surface area contributed by atoms with E-state index in [1.807, 2.05) is 36.1 Å². The van der Waals surface area contributed by atoms with Gasteiger partial charge in [0.05, 0.1) is 5.41 Å². The number of carbonyl (C=O) groups excluding carboxylic acids is 1. The maximum absolute atomic E-state index is 12.6. The number of nitrogen functional groups attached to an aromatic ring is 1. The zero-order valence-corrected chi connectivity index (χ0v) is 10.9. The molecule has 0 spiro atoms. The lowest BCUT2D eigenvalue weighted by Gasteiger charge is -2.25. The number of nitrogens with zero attached hydrogens (tertiary/aromatic N) is 1. The third-order valence-corrected chi connectivity index (χ3v) is 3.64. The number of rotatable bonds is 5. The summed E-state index contributed by atoms with van der Waals surface area (Å²) in [4.78, 5) is 14.4. The van der Waals surface area contributed by atoms with Crippen molar-refractivity contribution in [2.24, 2.45) is 0 Å². The third kappa shape index (κ3) is 2.13. The van der Waals surface area contributed by atoms with Crippen molar-refractivity contribution in [1.29, 1.82) is 0 Å². The number of benzene rings is 1. The zero-order chi connectivity index (χ0) is 13.2. The van der Waals surface area contributed by atoms with Gasteiger partial charge in [-0.3, -0.25) is 4.79 Å². The van der Waals surface area contributed by atoms with Gasteiger partial charge in [-0.15, -0.1) is 6.58 Å². The molecule has 96 valence electrons. The Labute approximate surface area is 108 Å². The van der Waals surface area contributed by atoms with E-state index in [1.54, 1.807) is 6.08 Å². The van der Waals surface area contributed by atoms with Gasteiger partial charge in [0.2, 0.25) is 5.91 Å². The molecular formula is C15H20N2O. The molecule has 1 fully saturated rings. The molecule has 1 saturated carbocycles. The molecule has 0 heterocycles. The number of anilines is 1. The highest BCUT2D eigenvalue weighted by Crippen LogP contribution is 2.49. The summed E-state index contributed by atoms with van der Waals surface area (Å²) in [5, 5.41) is 0. The highest BCUT2D eigenvalue weighted by Gasteiger charge is 2.52. The Bertz CT molecular complexity index is 446. The summed E-state index contributed by atoms with van der Waals surface area (Å²) in [6.07, 6.45) is 3.65. The van der Waals surface area contributed by atoms with Crippen molar-refractivity contribution >= 4 is 11.6 Å². The van der Waals surface area contributed by atoms with Crippen LogP contribution in [-0.2, 0) is 10.2 Å². The number of carbonyl (C=O) groups is 1. The van der Waals surface area contributed by atoms with Gasteiger partial charge >= 0.3 is 0 Å². The molecule has 18 heavy (non-hydrogen) atoms. The van der Waals surface area contributed by atoms with Crippen LogP contribution in [0.1, 0.15) is 25.3 Å². The second-order valence-electron chi connectivity index (χ2n) is 4.84. The first-order valence-corrected chi connectivity index (χ1v) is 6.40. The summed E-state index contributed by atoms with van der Waals surface area (Å²) in [6.45, 7) is 7.05. The van der Waals surface area contributed by atoms with E-state index < -0.39 is 0 Å². The van der Waals surface area contributed by atoms with Crippen LogP contribution in [0.3, 0.4) is 0 Å². The fourth-order valence-electron chi connectivity index (χ4n) is 2.37. The highest BCUT2D eigenvalue weighted by molar-refractivity contribution is 5.91. The Kier molecular flexibility index (Phi) is 3.41. The average Bonchev–Trinajstić information content (AvgIpc) is 3.17. The molecule has 1 aromatic rings. The van der Waals surface area contributed by atoms with Crippen LogP contribution in [0.4, 0.5) is 5.69 Å². The maximum Gasteiger partial charge on any atom is 0.233 e. The number of hydrogen-bond acceptors (Lipinski definition) is 2. The van der Waals surface area contributed by atoms with Gasteiger partial charge in [-0.05, 0) is 37.5 Å². The van der Waals surface area contributed by atoms with Crippen LogP contribution in [0.15, 0.2) is 36.9 Å². The lowest BCUT2D eigenvalue weighted by atomic mass is 9.94. The molecule has 2 N–H and O–H groups in total. The second kappa shape index (κ2) is 4.84. The molecule has 0 bridgehead atoms. The van der Waals surface area contributed by atoms with Crippen LogP contribution in [0.2, 0.25) is 0 Å². The van der Waals surface area contributed by atoms with E-state index in [4.69, 9.17) is 5.73 Å². The van der Waals surface area contributed by atoms with E-state index in [0.29, 0.717) is 6.54 Å². The van der Waals surface area contributed by atoms with Gasteiger partial charge in [0, 0.05) is 18.8 Å². The Balaban J connectivity index is 2.23. The molecule has 2 rings (SSSR count). The van der Waals surface area contributed by atoms with Gasteiger partial charge in [0.15, 0.2) is 0 Å². The summed E-state index contributed by atoms with van der Waals surface area (Å²) in [5.74, 6) is 0.217. The van der Waals surface area contributed by atoms with Crippen molar-refractivity contribution in [2.45, 2.75) is 25.2 Å². The highest BCUT2D eigenvalue weighted by atomic mass is 16.2. The van der Waals surface area contributed by atoms with E-state index in [1.165, 1.54) is 0 Å².